The molecule has 0 spiro atoms. The highest BCUT2D eigenvalue weighted by Gasteiger charge is 2.16. The highest BCUT2D eigenvalue weighted by atomic mass is 16.3. The van der Waals surface area contributed by atoms with E-state index in [1.807, 2.05) is 0 Å². The molecule has 1 amide bonds. The molecule has 72 valence electrons. The molecule has 0 saturated heterocycles. The zero-order chi connectivity index (χ0) is 9.78. The smallest absolute Gasteiger partial charge is 0.233 e. The molecular weight excluding hydrogens is 156 g/mol. The predicted octanol–water partition coefficient (Wildman–Crippen LogP) is -0.565. The minimum absolute atomic E-state index is 0.0400. The molecule has 4 nitrogen and oxygen atoms in total. The number of likely N-dealkylation sites (N-methyl/N-ethyl adjacent to an activating group) is 2. The number of carbonyl (C=O) groups is 1. The molecule has 2 N–H and O–H groups in total. The van der Waals surface area contributed by atoms with Crippen LogP contribution in [0.5, 0.6) is 0 Å². The van der Waals surface area contributed by atoms with E-state index in [1.165, 1.54) is 0 Å². The first kappa shape index (κ1) is 11.4. The third-order valence-electron chi connectivity index (χ3n) is 1.35. The molecule has 0 aliphatic rings. The fourth-order valence-electron chi connectivity index (χ4n) is 1.04. The Balaban J connectivity index is 3.74. The molecule has 0 heterocycles. The van der Waals surface area contributed by atoms with Crippen molar-refractivity contribution < 1.29 is 9.90 Å². The largest absolute Gasteiger partial charge is 0.389 e. The molecule has 0 rings (SSSR count). The van der Waals surface area contributed by atoms with Crippen LogP contribution in [0.3, 0.4) is 0 Å². The van der Waals surface area contributed by atoms with Crippen molar-refractivity contribution in [1.82, 2.24) is 10.2 Å². The van der Waals surface area contributed by atoms with Gasteiger partial charge in [0.2, 0.25) is 5.91 Å². The zero-order valence-corrected chi connectivity index (χ0v) is 8.22. The lowest BCUT2D eigenvalue weighted by Gasteiger charge is -2.24. The Morgan fingerprint density at radius 3 is 2.42 bits per heavy atom. The molecular formula is C8H18N2O2. The number of aliphatic hydroxyl groups is 1. The van der Waals surface area contributed by atoms with Crippen molar-refractivity contribution >= 4 is 5.91 Å². The van der Waals surface area contributed by atoms with E-state index < -0.39 is 5.60 Å². The van der Waals surface area contributed by atoms with Crippen LogP contribution in [0.4, 0.5) is 0 Å². The third kappa shape index (κ3) is 6.12. The second kappa shape index (κ2) is 4.42. The SMILES string of the molecule is CNC(=O)CN(C)CC(C)(C)O. The minimum atomic E-state index is -0.747. The molecule has 4 heteroatoms. The van der Waals surface area contributed by atoms with Gasteiger partial charge in [-0.1, -0.05) is 0 Å². The maximum absolute atomic E-state index is 10.9. The Morgan fingerprint density at radius 1 is 1.58 bits per heavy atom. The number of nitrogens with one attached hydrogen (secondary N) is 1. The van der Waals surface area contributed by atoms with Gasteiger partial charge < -0.3 is 10.4 Å². The summed E-state index contributed by atoms with van der Waals surface area (Å²) in [5.41, 5.74) is -0.747. The van der Waals surface area contributed by atoms with Crippen LogP contribution in [0.2, 0.25) is 0 Å². The Kier molecular flexibility index (Phi) is 4.20. The third-order valence-corrected chi connectivity index (χ3v) is 1.35. The van der Waals surface area contributed by atoms with Gasteiger partial charge in [0.15, 0.2) is 0 Å². The molecule has 0 aliphatic carbocycles. The highest BCUT2D eigenvalue weighted by molar-refractivity contribution is 5.77. The minimum Gasteiger partial charge on any atom is -0.389 e. The van der Waals surface area contributed by atoms with Gasteiger partial charge in [0.05, 0.1) is 12.1 Å². The van der Waals surface area contributed by atoms with Gasteiger partial charge in [0.25, 0.3) is 0 Å². The van der Waals surface area contributed by atoms with E-state index in [9.17, 15) is 9.90 Å². The lowest BCUT2D eigenvalue weighted by Crippen LogP contribution is -2.41. The molecule has 0 aromatic heterocycles. The second-order valence-electron chi connectivity index (χ2n) is 3.66. The van der Waals surface area contributed by atoms with E-state index in [2.05, 4.69) is 5.32 Å². The Morgan fingerprint density at radius 2 is 2.08 bits per heavy atom. The van der Waals surface area contributed by atoms with E-state index in [4.69, 9.17) is 0 Å². The lowest BCUT2D eigenvalue weighted by molar-refractivity contribution is -0.121. The van der Waals surface area contributed by atoms with E-state index in [0.717, 1.165) is 0 Å². The van der Waals surface area contributed by atoms with Gasteiger partial charge in [-0.15, -0.1) is 0 Å². The molecule has 0 aromatic carbocycles. The predicted molar refractivity (Wildman–Crippen MR) is 47.9 cm³/mol. The van der Waals surface area contributed by atoms with Crippen LogP contribution in [0.15, 0.2) is 0 Å². The van der Waals surface area contributed by atoms with Crippen LogP contribution in [0, 0.1) is 0 Å². The fraction of sp³-hybridized carbons (Fsp3) is 0.875. The number of rotatable bonds is 4. The monoisotopic (exact) mass is 174 g/mol. The summed E-state index contributed by atoms with van der Waals surface area (Å²) in [6, 6.07) is 0. The summed E-state index contributed by atoms with van der Waals surface area (Å²) in [6.45, 7) is 4.24. The highest BCUT2D eigenvalue weighted by Crippen LogP contribution is 2.01. The molecule has 0 aromatic rings. The number of hydrogen-bond donors (Lipinski definition) is 2. The standard InChI is InChI=1S/C8H18N2O2/c1-8(2,12)6-10(4)5-7(11)9-3/h12H,5-6H2,1-4H3,(H,9,11). The van der Waals surface area contributed by atoms with Crippen molar-refractivity contribution in [1.29, 1.82) is 0 Å². The summed E-state index contributed by atoms with van der Waals surface area (Å²) in [5, 5.41) is 11.9. The molecule has 0 fully saturated rings. The number of hydrogen-bond acceptors (Lipinski definition) is 3. The van der Waals surface area contributed by atoms with E-state index in [1.54, 1.807) is 32.8 Å². The van der Waals surface area contributed by atoms with Gasteiger partial charge in [-0.05, 0) is 20.9 Å². The summed E-state index contributed by atoms with van der Waals surface area (Å²) in [4.78, 5) is 12.7. The average Bonchev–Trinajstić information content (AvgIpc) is 1.82. The Labute approximate surface area is 73.6 Å². The molecule has 0 aliphatic heterocycles. The average molecular weight is 174 g/mol. The zero-order valence-electron chi connectivity index (χ0n) is 8.22. The fourth-order valence-corrected chi connectivity index (χ4v) is 1.04. The number of carbonyl (C=O) groups excluding carboxylic acids is 1. The van der Waals surface area contributed by atoms with Crippen molar-refractivity contribution in [2.45, 2.75) is 19.4 Å². The topological polar surface area (TPSA) is 52.6 Å². The van der Waals surface area contributed by atoms with Crippen LogP contribution in [-0.4, -0.2) is 48.7 Å². The molecule has 0 radical (unpaired) electrons. The summed E-state index contributed by atoms with van der Waals surface area (Å²) >= 11 is 0. The summed E-state index contributed by atoms with van der Waals surface area (Å²) in [5.74, 6) is -0.0400. The van der Waals surface area contributed by atoms with Gasteiger partial charge in [-0.25, -0.2) is 0 Å². The molecule has 0 unspecified atom stereocenters. The summed E-state index contributed by atoms with van der Waals surface area (Å²) < 4.78 is 0. The first-order valence-corrected chi connectivity index (χ1v) is 3.96. The molecule has 0 atom stereocenters. The van der Waals surface area contributed by atoms with Crippen LogP contribution < -0.4 is 5.32 Å². The maximum atomic E-state index is 10.9. The maximum Gasteiger partial charge on any atom is 0.233 e. The van der Waals surface area contributed by atoms with Crippen molar-refractivity contribution in [3.63, 3.8) is 0 Å². The Hall–Kier alpha value is -0.610. The van der Waals surface area contributed by atoms with Gasteiger partial charge in [-0.2, -0.15) is 0 Å². The first-order chi connectivity index (χ1) is 5.35. The van der Waals surface area contributed by atoms with Crippen molar-refractivity contribution in [3.05, 3.63) is 0 Å². The van der Waals surface area contributed by atoms with Gasteiger partial charge in [-0.3, -0.25) is 9.69 Å². The Bertz CT molecular complexity index is 152. The van der Waals surface area contributed by atoms with Crippen molar-refractivity contribution in [3.8, 4) is 0 Å². The van der Waals surface area contributed by atoms with Crippen LogP contribution in [0.1, 0.15) is 13.8 Å². The number of amides is 1. The quantitative estimate of drug-likeness (QED) is 0.600. The molecule has 0 saturated carbocycles. The van der Waals surface area contributed by atoms with Gasteiger partial charge >= 0.3 is 0 Å². The van der Waals surface area contributed by atoms with Gasteiger partial charge in [0.1, 0.15) is 0 Å². The molecule has 0 bridgehead atoms. The summed E-state index contributed by atoms with van der Waals surface area (Å²) in [6.07, 6.45) is 0. The van der Waals surface area contributed by atoms with Crippen molar-refractivity contribution in [2.24, 2.45) is 0 Å². The van der Waals surface area contributed by atoms with Crippen LogP contribution in [0.25, 0.3) is 0 Å². The van der Waals surface area contributed by atoms with Crippen LogP contribution >= 0.6 is 0 Å². The van der Waals surface area contributed by atoms with E-state index in [0.29, 0.717) is 13.1 Å². The van der Waals surface area contributed by atoms with Gasteiger partial charge in [0, 0.05) is 13.6 Å². The normalized spacial score (nSPS) is 11.8. The van der Waals surface area contributed by atoms with E-state index >= 15 is 0 Å². The summed E-state index contributed by atoms with van der Waals surface area (Å²) in [7, 11) is 3.40. The first-order valence-electron chi connectivity index (χ1n) is 3.96. The van der Waals surface area contributed by atoms with Crippen LogP contribution in [-0.2, 0) is 4.79 Å². The lowest BCUT2D eigenvalue weighted by atomic mass is 10.1. The van der Waals surface area contributed by atoms with E-state index in [-0.39, 0.29) is 5.91 Å². The second-order valence-corrected chi connectivity index (χ2v) is 3.66. The number of nitrogens with zero attached hydrogens (tertiary/aromatic N) is 1. The van der Waals surface area contributed by atoms with Crippen molar-refractivity contribution in [2.75, 3.05) is 27.2 Å². The molecule has 12 heavy (non-hydrogen) atoms.